The third kappa shape index (κ3) is 2.14. The molecule has 0 N–H and O–H groups in total. The first-order chi connectivity index (χ1) is 9.40. The Kier molecular flexibility index (Phi) is 2.95. The molecule has 1 aromatic rings. The summed E-state index contributed by atoms with van der Waals surface area (Å²) >= 11 is 0. The van der Waals surface area contributed by atoms with Crippen molar-refractivity contribution in [1.29, 1.82) is 0 Å². The minimum Gasteiger partial charge on any atom is -0.369 e. The number of aromatic nitrogens is 1. The van der Waals surface area contributed by atoms with Crippen LogP contribution < -0.4 is 4.90 Å². The van der Waals surface area contributed by atoms with Crippen LogP contribution in [0.25, 0.3) is 0 Å². The summed E-state index contributed by atoms with van der Waals surface area (Å²) in [5.74, 6) is 2.09. The number of nitrogens with zero attached hydrogens (tertiary/aromatic N) is 3. The van der Waals surface area contributed by atoms with E-state index in [9.17, 15) is 0 Å². The van der Waals surface area contributed by atoms with E-state index in [1.807, 2.05) is 12.4 Å². The summed E-state index contributed by atoms with van der Waals surface area (Å²) in [6.45, 7) is 4.85. The fraction of sp³-hybridized carbons (Fsp3) is 0.688. The molecule has 3 heteroatoms. The Hall–Kier alpha value is -1.09. The molecule has 0 spiro atoms. The van der Waals surface area contributed by atoms with E-state index < -0.39 is 0 Å². The Bertz CT molecular complexity index is 425. The average Bonchev–Trinajstić information content (AvgIpc) is 3.11. The molecular formula is C16H23N3. The van der Waals surface area contributed by atoms with E-state index >= 15 is 0 Å². The lowest BCUT2D eigenvalue weighted by Gasteiger charge is -2.41. The molecule has 0 unspecified atom stereocenters. The van der Waals surface area contributed by atoms with Crippen molar-refractivity contribution >= 4 is 5.69 Å². The zero-order valence-corrected chi connectivity index (χ0v) is 11.5. The van der Waals surface area contributed by atoms with Crippen molar-refractivity contribution in [2.75, 3.05) is 31.1 Å². The Morgan fingerprint density at radius 1 is 0.947 bits per heavy atom. The number of fused-ring (bicyclic) bond motifs is 2. The maximum atomic E-state index is 4.11. The number of piperazine rings is 1. The SMILES string of the molecule is c1cc(N2CCN([C@H]3C[C@H]4CC[C@H]3C4)CC2)ccn1. The Morgan fingerprint density at radius 3 is 2.37 bits per heavy atom. The van der Waals surface area contributed by atoms with E-state index in [2.05, 4.69) is 26.9 Å². The topological polar surface area (TPSA) is 19.4 Å². The van der Waals surface area contributed by atoms with Crippen molar-refractivity contribution in [1.82, 2.24) is 9.88 Å². The van der Waals surface area contributed by atoms with E-state index in [-0.39, 0.29) is 0 Å². The molecule has 3 atom stereocenters. The van der Waals surface area contributed by atoms with Gasteiger partial charge in [0.05, 0.1) is 0 Å². The van der Waals surface area contributed by atoms with Crippen LogP contribution in [0, 0.1) is 11.8 Å². The third-order valence-corrected chi connectivity index (χ3v) is 5.51. The lowest BCUT2D eigenvalue weighted by Crippen LogP contribution is -2.51. The zero-order valence-electron chi connectivity index (χ0n) is 11.5. The van der Waals surface area contributed by atoms with E-state index in [0.717, 1.165) is 17.9 Å². The molecule has 2 aliphatic carbocycles. The maximum absolute atomic E-state index is 4.11. The predicted octanol–water partition coefficient (Wildman–Crippen LogP) is 2.39. The van der Waals surface area contributed by atoms with Gasteiger partial charge in [0.25, 0.3) is 0 Å². The third-order valence-electron chi connectivity index (χ3n) is 5.51. The minimum absolute atomic E-state index is 0.915. The number of hydrogen-bond acceptors (Lipinski definition) is 3. The molecule has 1 aromatic heterocycles. The molecule has 0 amide bonds. The lowest BCUT2D eigenvalue weighted by molar-refractivity contribution is 0.135. The fourth-order valence-electron chi connectivity index (χ4n) is 4.52. The van der Waals surface area contributed by atoms with Crippen molar-refractivity contribution in [3.05, 3.63) is 24.5 Å². The molecule has 3 aliphatic rings. The number of rotatable bonds is 2. The molecule has 1 saturated heterocycles. The zero-order chi connectivity index (χ0) is 12.7. The number of pyridine rings is 1. The van der Waals surface area contributed by atoms with Gasteiger partial charge in [-0.2, -0.15) is 0 Å². The van der Waals surface area contributed by atoms with Gasteiger partial charge in [0, 0.05) is 50.3 Å². The van der Waals surface area contributed by atoms with E-state index in [1.165, 1.54) is 57.5 Å². The summed E-state index contributed by atoms with van der Waals surface area (Å²) in [5, 5.41) is 0. The van der Waals surface area contributed by atoms with Gasteiger partial charge in [-0.3, -0.25) is 9.88 Å². The predicted molar refractivity (Wildman–Crippen MR) is 77.3 cm³/mol. The highest BCUT2D eigenvalue weighted by atomic mass is 15.3. The first kappa shape index (κ1) is 11.7. The highest BCUT2D eigenvalue weighted by molar-refractivity contribution is 5.45. The average molecular weight is 257 g/mol. The Morgan fingerprint density at radius 2 is 1.74 bits per heavy atom. The van der Waals surface area contributed by atoms with Crippen LogP contribution >= 0.6 is 0 Å². The van der Waals surface area contributed by atoms with Gasteiger partial charge in [-0.1, -0.05) is 6.42 Å². The summed E-state index contributed by atoms with van der Waals surface area (Å²) < 4.78 is 0. The van der Waals surface area contributed by atoms with Crippen LogP contribution in [0.15, 0.2) is 24.5 Å². The Labute approximate surface area is 115 Å². The molecule has 102 valence electrons. The Balaban J connectivity index is 1.38. The molecule has 3 fully saturated rings. The van der Waals surface area contributed by atoms with E-state index in [4.69, 9.17) is 0 Å². The second-order valence-electron chi connectivity index (χ2n) is 6.47. The highest BCUT2D eigenvalue weighted by Gasteiger charge is 2.42. The van der Waals surface area contributed by atoms with Gasteiger partial charge >= 0.3 is 0 Å². The van der Waals surface area contributed by atoms with Crippen molar-refractivity contribution in [3.8, 4) is 0 Å². The quantitative estimate of drug-likeness (QED) is 0.811. The van der Waals surface area contributed by atoms with Crippen LogP contribution in [0.3, 0.4) is 0 Å². The van der Waals surface area contributed by atoms with Crippen molar-refractivity contribution in [2.45, 2.75) is 31.7 Å². The normalized spacial score (nSPS) is 34.9. The van der Waals surface area contributed by atoms with Crippen molar-refractivity contribution < 1.29 is 0 Å². The molecule has 2 bridgehead atoms. The van der Waals surface area contributed by atoms with Gasteiger partial charge in [-0.05, 0) is 43.2 Å². The van der Waals surface area contributed by atoms with Crippen molar-refractivity contribution in [2.24, 2.45) is 11.8 Å². The van der Waals surface area contributed by atoms with Crippen LogP contribution in [0.1, 0.15) is 25.7 Å². The van der Waals surface area contributed by atoms with Gasteiger partial charge in [0.1, 0.15) is 0 Å². The van der Waals surface area contributed by atoms with Gasteiger partial charge < -0.3 is 4.90 Å². The van der Waals surface area contributed by atoms with Gasteiger partial charge in [0.2, 0.25) is 0 Å². The summed E-state index contributed by atoms with van der Waals surface area (Å²) in [5.41, 5.74) is 1.34. The van der Waals surface area contributed by atoms with Crippen LogP contribution in [-0.2, 0) is 0 Å². The highest BCUT2D eigenvalue weighted by Crippen LogP contribution is 2.46. The first-order valence-electron chi connectivity index (χ1n) is 7.79. The molecule has 2 saturated carbocycles. The second-order valence-corrected chi connectivity index (χ2v) is 6.47. The maximum Gasteiger partial charge on any atom is 0.0397 e. The smallest absolute Gasteiger partial charge is 0.0397 e. The molecule has 2 heterocycles. The molecule has 1 aliphatic heterocycles. The monoisotopic (exact) mass is 257 g/mol. The number of anilines is 1. The molecule has 0 radical (unpaired) electrons. The summed E-state index contributed by atoms with van der Waals surface area (Å²) in [7, 11) is 0. The van der Waals surface area contributed by atoms with E-state index in [1.54, 1.807) is 0 Å². The van der Waals surface area contributed by atoms with Gasteiger partial charge in [-0.15, -0.1) is 0 Å². The molecule has 0 aromatic carbocycles. The van der Waals surface area contributed by atoms with Gasteiger partial charge in [0.15, 0.2) is 0 Å². The molecule has 4 rings (SSSR count). The van der Waals surface area contributed by atoms with E-state index in [0.29, 0.717) is 0 Å². The number of hydrogen-bond donors (Lipinski definition) is 0. The molecule has 19 heavy (non-hydrogen) atoms. The van der Waals surface area contributed by atoms with Crippen LogP contribution in [-0.4, -0.2) is 42.1 Å². The lowest BCUT2D eigenvalue weighted by atomic mass is 9.93. The van der Waals surface area contributed by atoms with Crippen molar-refractivity contribution in [3.63, 3.8) is 0 Å². The first-order valence-corrected chi connectivity index (χ1v) is 7.79. The van der Waals surface area contributed by atoms with Gasteiger partial charge in [-0.25, -0.2) is 0 Å². The summed E-state index contributed by atoms with van der Waals surface area (Å²) in [4.78, 5) is 9.39. The van der Waals surface area contributed by atoms with Crippen LogP contribution in [0.4, 0.5) is 5.69 Å². The molecular weight excluding hydrogens is 234 g/mol. The standard InChI is InChI=1S/C16H23N3/c1-2-14-11-13(1)12-16(14)19-9-7-18(8-10-19)15-3-5-17-6-4-15/h3-6,13-14,16H,1-2,7-12H2/t13-,14-,16-/m0/s1. The molecule has 3 nitrogen and oxygen atoms in total. The van der Waals surface area contributed by atoms with Crippen LogP contribution in [0.2, 0.25) is 0 Å². The summed E-state index contributed by atoms with van der Waals surface area (Å²) in [6.07, 6.45) is 9.82. The minimum atomic E-state index is 0.915. The largest absolute Gasteiger partial charge is 0.369 e. The summed E-state index contributed by atoms with van der Waals surface area (Å²) in [6, 6.07) is 5.18. The van der Waals surface area contributed by atoms with Crippen LogP contribution in [0.5, 0.6) is 0 Å². The fourth-order valence-corrected chi connectivity index (χ4v) is 4.52. The second kappa shape index (κ2) is 4.78.